The fraction of sp³-hybridized carbons (Fsp3) is 0.190. The maximum atomic E-state index is 12.9. The van der Waals surface area contributed by atoms with Crippen LogP contribution in [0.2, 0.25) is 0 Å². The Morgan fingerprint density at radius 2 is 1.80 bits per heavy atom. The molecule has 3 rings (SSSR count). The topological polar surface area (TPSA) is 107 Å². The van der Waals surface area contributed by atoms with E-state index in [4.69, 9.17) is 13.9 Å². The lowest BCUT2D eigenvalue weighted by Gasteiger charge is -2.09. The van der Waals surface area contributed by atoms with Gasteiger partial charge in [0.25, 0.3) is 11.8 Å². The predicted octanol–water partition coefficient (Wildman–Crippen LogP) is 2.90. The normalized spacial score (nSPS) is 10.5. The number of hydrazine groups is 1. The molecule has 0 unspecified atom stereocenters. The Morgan fingerprint density at radius 3 is 2.50 bits per heavy atom. The molecule has 0 radical (unpaired) electrons. The number of furan rings is 1. The van der Waals surface area contributed by atoms with E-state index >= 15 is 0 Å². The number of esters is 1. The summed E-state index contributed by atoms with van der Waals surface area (Å²) in [6.45, 7) is 3.20. The summed E-state index contributed by atoms with van der Waals surface area (Å²) in [5, 5.41) is 0.508. The fourth-order valence-electron chi connectivity index (χ4n) is 2.73. The van der Waals surface area contributed by atoms with Gasteiger partial charge in [0.05, 0.1) is 6.61 Å². The molecule has 1 aromatic heterocycles. The van der Waals surface area contributed by atoms with Crippen molar-refractivity contribution in [2.75, 3.05) is 13.2 Å². The van der Waals surface area contributed by atoms with Crippen LogP contribution >= 0.6 is 0 Å². The van der Waals surface area contributed by atoms with Crippen LogP contribution in [0.4, 0.5) is 4.39 Å². The second-order valence-corrected chi connectivity index (χ2v) is 6.21. The quantitative estimate of drug-likeness (QED) is 0.475. The van der Waals surface area contributed by atoms with Gasteiger partial charge in [0.2, 0.25) is 0 Å². The molecule has 0 bridgehead atoms. The molecule has 0 aliphatic carbocycles. The minimum atomic E-state index is -0.612. The van der Waals surface area contributed by atoms with Crippen molar-refractivity contribution in [3.8, 4) is 5.75 Å². The Balaban J connectivity index is 1.60. The number of ether oxygens (including phenoxy) is 2. The Bertz CT molecular complexity index is 1090. The van der Waals surface area contributed by atoms with Crippen molar-refractivity contribution in [2.45, 2.75) is 13.8 Å². The van der Waals surface area contributed by atoms with Crippen LogP contribution in [-0.4, -0.2) is 31.0 Å². The monoisotopic (exact) mass is 414 g/mol. The Kier molecular flexibility index (Phi) is 6.31. The second-order valence-electron chi connectivity index (χ2n) is 6.21. The van der Waals surface area contributed by atoms with Crippen LogP contribution in [-0.2, 0) is 9.53 Å². The summed E-state index contributed by atoms with van der Waals surface area (Å²) >= 11 is 0. The van der Waals surface area contributed by atoms with Crippen LogP contribution < -0.4 is 15.6 Å². The van der Waals surface area contributed by atoms with Gasteiger partial charge in [-0.2, -0.15) is 0 Å². The summed E-state index contributed by atoms with van der Waals surface area (Å²) in [7, 11) is 0. The smallest absolute Gasteiger partial charge is 0.342 e. The molecule has 9 heteroatoms. The van der Waals surface area contributed by atoms with E-state index in [9.17, 15) is 18.8 Å². The average Bonchev–Trinajstić information content (AvgIpc) is 3.06. The molecule has 30 heavy (non-hydrogen) atoms. The molecule has 0 aliphatic rings. The number of hydrogen-bond donors (Lipinski definition) is 2. The van der Waals surface area contributed by atoms with Crippen molar-refractivity contribution in [3.63, 3.8) is 0 Å². The second kappa shape index (κ2) is 9.08. The molecule has 2 N–H and O–H groups in total. The molecule has 0 atom stereocenters. The maximum Gasteiger partial charge on any atom is 0.342 e. The Morgan fingerprint density at radius 1 is 1.07 bits per heavy atom. The molecule has 8 nitrogen and oxygen atoms in total. The van der Waals surface area contributed by atoms with Crippen molar-refractivity contribution in [1.29, 1.82) is 0 Å². The minimum absolute atomic E-state index is 0.185. The molecule has 2 amide bonds. The van der Waals surface area contributed by atoms with Crippen LogP contribution in [0.5, 0.6) is 5.75 Å². The number of nitrogens with one attached hydrogen (secondary N) is 2. The molecule has 1 heterocycles. The van der Waals surface area contributed by atoms with Gasteiger partial charge in [-0.15, -0.1) is 0 Å². The molecule has 0 saturated heterocycles. The maximum absolute atomic E-state index is 12.9. The molecule has 2 aromatic carbocycles. The van der Waals surface area contributed by atoms with Gasteiger partial charge >= 0.3 is 5.97 Å². The third kappa shape index (κ3) is 4.75. The van der Waals surface area contributed by atoms with E-state index in [0.29, 0.717) is 28.0 Å². The molecular weight excluding hydrogens is 395 g/mol. The van der Waals surface area contributed by atoms with E-state index in [1.807, 2.05) is 0 Å². The first kappa shape index (κ1) is 20.8. The highest BCUT2D eigenvalue weighted by Gasteiger charge is 2.20. The summed E-state index contributed by atoms with van der Waals surface area (Å²) in [5.74, 6) is -1.44. The molecule has 156 valence electrons. The summed E-state index contributed by atoms with van der Waals surface area (Å²) < 4.78 is 28.9. The summed E-state index contributed by atoms with van der Waals surface area (Å²) in [5.41, 5.74) is 5.38. The number of aryl methyl sites for hydroxylation is 1. The van der Waals surface area contributed by atoms with E-state index in [0.717, 1.165) is 12.1 Å². The molecule has 0 spiro atoms. The lowest BCUT2D eigenvalue weighted by molar-refractivity contribution is -0.123. The van der Waals surface area contributed by atoms with Crippen molar-refractivity contribution in [1.82, 2.24) is 10.9 Å². The van der Waals surface area contributed by atoms with Crippen LogP contribution in [0.3, 0.4) is 0 Å². The van der Waals surface area contributed by atoms with Gasteiger partial charge in [0, 0.05) is 10.9 Å². The van der Waals surface area contributed by atoms with Crippen molar-refractivity contribution < 1.29 is 32.7 Å². The van der Waals surface area contributed by atoms with E-state index < -0.39 is 23.6 Å². The van der Waals surface area contributed by atoms with Gasteiger partial charge in [-0.1, -0.05) is 0 Å². The molecule has 0 fully saturated rings. The van der Waals surface area contributed by atoms with Gasteiger partial charge < -0.3 is 13.9 Å². The number of fused-ring (bicyclic) bond motifs is 1. The van der Waals surface area contributed by atoms with Crippen molar-refractivity contribution in [2.24, 2.45) is 0 Å². The Hall–Kier alpha value is -3.88. The van der Waals surface area contributed by atoms with Gasteiger partial charge in [-0.05, 0) is 56.3 Å². The predicted molar refractivity (Wildman–Crippen MR) is 104 cm³/mol. The van der Waals surface area contributed by atoms with E-state index in [1.54, 1.807) is 32.0 Å². The highest BCUT2D eigenvalue weighted by molar-refractivity contribution is 6.05. The molecular formula is C21H19FN2O6. The highest BCUT2D eigenvalue weighted by atomic mass is 19.1. The van der Waals surface area contributed by atoms with Gasteiger partial charge in [-0.25, -0.2) is 9.18 Å². The largest absolute Gasteiger partial charge is 0.484 e. The van der Waals surface area contributed by atoms with E-state index in [2.05, 4.69) is 10.9 Å². The van der Waals surface area contributed by atoms with E-state index in [-0.39, 0.29) is 18.8 Å². The van der Waals surface area contributed by atoms with Crippen molar-refractivity contribution in [3.05, 3.63) is 65.2 Å². The highest BCUT2D eigenvalue weighted by Crippen LogP contribution is 2.29. The minimum Gasteiger partial charge on any atom is -0.484 e. The zero-order valence-corrected chi connectivity index (χ0v) is 16.3. The zero-order valence-electron chi connectivity index (χ0n) is 16.3. The number of halogens is 1. The number of benzene rings is 2. The molecule has 3 aromatic rings. The van der Waals surface area contributed by atoms with Gasteiger partial charge in [0.15, 0.2) is 6.61 Å². The average molecular weight is 414 g/mol. The first-order valence-electron chi connectivity index (χ1n) is 9.07. The number of carbonyl (C=O) groups is 3. The lowest BCUT2D eigenvalue weighted by atomic mass is 10.1. The number of hydrogen-bond acceptors (Lipinski definition) is 6. The van der Waals surface area contributed by atoms with Crippen LogP contribution in [0, 0.1) is 12.7 Å². The Labute approximate surface area is 170 Å². The third-order valence-electron chi connectivity index (χ3n) is 4.11. The SMILES string of the molecule is CCOC(=O)c1c(C)oc2ccc(OCC(=O)NNC(=O)c3ccc(F)cc3)cc12. The van der Waals surface area contributed by atoms with Crippen molar-refractivity contribution >= 4 is 28.8 Å². The first-order chi connectivity index (χ1) is 14.4. The molecule has 0 saturated carbocycles. The van der Waals surface area contributed by atoms with Gasteiger partial charge in [0.1, 0.15) is 28.5 Å². The number of rotatable bonds is 6. The summed E-state index contributed by atoms with van der Waals surface area (Å²) in [6.07, 6.45) is 0. The summed E-state index contributed by atoms with van der Waals surface area (Å²) in [4.78, 5) is 36.0. The van der Waals surface area contributed by atoms with Crippen LogP contribution in [0.25, 0.3) is 11.0 Å². The lowest BCUT2D eigenvalue weighted by Crippen LogP contribution is -2.43. The molecule has 0 aliphatic heterocycles. The van der Waals surface area contributed by atoms with Crippen LogP contribution in [0.1, 0.15) is 33.4 Å². The zero-order chi connectivity index (χ0) is 21.7. The van der Waals surface area contributed by atoms with Gasteiger partial charge in [-0.3, -0.25) is 20.4 Å². The number of amides is 2. The third-order valence-corrected chi connectivity index (χ3v) is 4.11. The first-order valence-corrected chi connectivity index (χ1v) is 9.07. The fourth-order valence-corrected chi connectivity index (χ4v) is 2.73. The summed E-state index contributed by atoms with van der Waals surface area (Å²) in [6, 6.07) is 9.63. The number of carbonyl (C=O) groups excluding carboxylic acids is 3. The standard InChI is InChI=1S/C21H19FN2O6/c1-3-28-21(27)19-12(2)30-17-9-8-15(10-16(17)19)29-11-18(25)23-24-20(26)13-4-6-14(22)7-5-13/h4-10H,3,11H2,1-2H3,(H,23,25)(H,24,26). The van der Waals surface area contributed by atoms with Crippen LogP contribution in [0.15, 0.2) is 46.9 Å². The van der Waals surface area contributed by atoms with E-state index in [1.165, 1.54) is 12.1 Å².